The Kier molecular flexibility index (Phi) is 4.22. The van der Waals surface area contributed by atoms with Crippen molar-refractivity contribution in [1.82, 2.24) is 3.97 Å². The number of nitrogens with zero attached hydrogens (tertiary/aromatic N) is 1. The lowest BCUT2D eigenvalue weighted by molar-refractivity contribution is 0.535. The molecule has 0 spiro atoms. The molecule has 0 aliphatic rings. The van der Waals surface area contributed by atoms with Gasteiger partial charge in [-0.3, -0.25) is 0 Å². The van der Waals surface area contributed by atoms with E-state index >= 15 is 0 Å². The van der Waals surface area contributed by atoms with Gasteiger partial charge in [-0.05, 0) is 31.0 Å². The number of aryl methyl sites for hydroxylation is 1. The Balaban J connectivity index is 2.28. The van der Waals surface area contributed by atoms with Crippen molar-refractivity contribution in [3.8, 4) is 0 Å². The van der Waals surface area contributed by atoms with E-state index in [0.717, 1.165) is 16.8 Å². The van der Waals surface area contributed by atoms with Crippen LogP contribution in [-0.2, 0) is 16.4 Å². The Bertz CT molecular complexity index is 930. The van der Waals surface area contributed by atoms with Crippen LogP contribution in [0.5, 0.6) is 0 Å². The monoisotopic (exact) mass is 331 g/mol. The van der Waals surface area contributed by atoms with Crippen LogP contribution in [0.3, 0.4) is 0 Å². The smallest absolute Gasteiger partial charge is 0.208 e. The first-order chi connectivity index (χ1) is 11.1. The lowest BCUT2D eigenvalue weighted by Gasteiger charge is -2.08. The third-order valence-corrected chi connectivity index (χ3v) is 5.64. The van der Waals surface area contributed by atoms with Gasteiger partial charge >= 0.3 is 0 Å². The van der Waals surface area contributed by atoms with Crippen molar-refractivity contribution in [2.45, 2.75) is 31.1 Å². The number of hydrogen-bond donors (Lipinski definition) is 0. The van der Waals surface area contributed by atoms with E-state index in [-0.39, 0.29) is 4.90 Å². The van der Waals surface area contributed by atoms with Crippen molar-refractivity contribution >= 4 is 20.9 Å². The van der Waals surface area contributed by atoms with Crippen LogP contribution in [0.2, 0.25) is 0 Å². The maximum absolute atomic E-state index is 15.0. The summed E-state index contributed by atoms with van der Waals surface area (Å²) in [6, 6.07) is 14.9. The minimum atomic E-state index is -3.96. The summed E-state index contributed by atoms with van der Waals surface area (Å²) in [5, 5.41) is 0.665. The lowest BCUT2D eigenvalue weighted by atomic mass is 10.1. The van der Waals surface area contributed by atoms with Gasteiger partial charge in [0.2, 0.25) is 5.95 Å². The summed E-state index contributed by atoms with van der Waals surface area (Å²) in [6.45, 7) is 2.03. The van der Waals surface area contributed by atoms with Crippen molar-refractivity contribution < 1.29 is 12.8 Å². The topological polar surface area (TPSA) is 39.1 Å². The second kappa shape index (κ2) is 6.16. The highest BCUT2D eigenvalue weighted by atomic mass is 32.2. The standard InChI is InChI=1S/C18H18FNO2S/c1-2-3-11-16-15-12-7-8-13-17(15)20(18(16)19)23(21,22)14-9-5-4-6-10-14/h4-10,12-13H,2-3,11H2,1H3. The normalized spacial score (nSPS) is 11.9. The van der Waals surface area contributed by atoms with Gasteiger partial charge in [-0.1, -0.05) is 49.7 Å². The predicted molar refractivity (Wildman–Crippen MR) is 89.5 cm³/mol. The second-order valence-electron chi connectivity index (χ2n) is 5.47. The van der Waals surface area contributed by atoms with E-state index in [1.165, 1.54) is 12.1 Å². The molecule has 0 saturated heterocycles. The number of aromatic nitrogens is 1. The molecule has 0 fully saturated rings. The molecule has 3 rings (SSSR count). The lowest BCUT2D eigenvalue weighted by Crippen LogP contribution is -2.15. The van der Waals surface area contributed by atoms with E-state index in [1.54, 1.807) is 42.5 Å². The molecule has 0 amide bonds. The minimum Gasteiger partial charge on any atom is -0.208 e. The predicted octanol–water partition coefficient (Wildman–Crippen LogP) is 4.36. The van der Waals surface area contributed by atoms with E-state index < -0.39 is 16.0 Å². The van der Waals surface area contributed by atoms with Crippen LogP contribution in [0.15, 0.2) is 59.5 Å². The number of rotatable bonds is 5. The van der Waals surface area contributed by atoms with Crippen LogP contribution < -0.4 is 0 Å². The molecule has 3 nitrogen and oxygen atoms in total. The minimum absolute atomic E-state index is 0.0849. The fourth-order valence-corrected chi connectivity index (χ4v) is 4.22. The first-order valence-corrected chi connectivity index (χ1v) is 9.09. The molecule has 0 saturated carbocycles. The van der Waals surface area contributed by atoms with Crippen LogP contribution in [0.1, 0.15) is 25.3 Å². The summed E-state index contributed by atoms with van der Waals surface area (Å²) in [4.78, 5) is 0.0849. The molecule has 3 aromatic rings. The van der Waals surface area contributed by atoms with E-state index in [1.807, 2.05) is 6.92 Å². The van der Waals surface area contributed by atoms with Crippen LogP contribution in [0.4, 0.5) is 4.39 Å². The molecule has 0 aliphatic carbocycles. The first-order valence-electron chi connectivity index (χ1n) is 7.65. The second-order valence-corrected chi connectivity index (χ2v) is 7.26. The summed E-state index contributed by atoms with van der Waals surface area (Å²) < 4.78 is 41.6. The number of para-hydroxylation sites is 1. The zero-order chi connectivity index (χ0) is 16.4. The van der Waals surface area contributed by atoms with Gasteiger partial charge in [0.15, 0.2) is 0 Å². The van der Waals surface area contributed by atoms with Crippen molar-refractivity contribution in [2.75, 3.05) is 0 Å². The first kappa shape index (κ1) is 15.7. The highest BCUT2D eigenvalue weighted by Gasteiger charge is 2.26. The maximum atomic E-state index is 15.0. The molecule has 0 aliphatic heterocycles. The number of benzene rings is 2. The Hall–Kier alpha value is -2.14. The largest absolute Gasteiger partial charge is 0.270 e. The van der Waals surface area contributed by atoms with Gasteiger partial charge in [0.25, 0.3) is 10.0 Å². The van der Waals surface area contributed by atoms with Crippen LogP contribution in [0.25, 0.3) is 10.9 Å². The average molecular weight is 331 g/mol. The summed E-state index contributed by atoms with van der Waals surface area (Å²) in [7, 11) is -3.96. The third kappa shape index (κ3) is 2.65. The van der Waals surface area contributed by atoms with E-state index in [0.29, 0.717) is 22.9 Å². The zero-order valence-corrected chi connectivity index (χ0v) is 13.7. The number of hydrogen-bond acceptors (Lipinski definition) is 2. The molecule has 1 heterocycles. The van der Waals surface area contributed by atoms with Gasteiger partial charge in [0, 0.05) is 10.9 Å². The Morgan fingerprint density at radius 2 is 1.65 bits per heavy atom. The summed E-state index contributed by atoms with van der Waals surface area (Å²) in [5.74, 6) is -0.677. The van der Waals surface area contributed by atoms with Gasteiger partial charge < -0.3 is 0 Å². The molecule has 5 heteroatoms. The van der Waals surface area contributed by atoms with Crippen LogP contribution in [0, 0.1) is 5.95 Å². The highest BCUT2D eigenvalue weighted by molar-refractivity contribution is 7.90. The van der Waals surface area contributed by atoms with E-state index in [4.69, 9.17) is 0 Å². The van der Waals surface area contributed by atoms with Crippen molar-refractivity contribution in [1.29, 1.82) is 0 Å². The molecular formula is C18H18FNO2S. The average Bonchev–Trinajstić information content (AvgIpc) is 2.86. The van der Waals surface area contributed by atoms with Crippen molar-refractivity contribution in [2.24, 2.45) is 0 Å². The van der Waals surface area contributed by atoms with Gasteiger partial charge in [0.05, 0.1) is 10.4 Å². The van der Waals surface area contributed by atoms with Crippen molar-refractivity contribution in [3.05, 3.63) is 66.1 Å². The molecular weight excluding hydrogens is 313 g/mol. The molecule has 0 radical (unpaired) electrons. The summed E-state index contributed by atoms with van der Waals surface area (Å²) in [5.41, 5.74) is 0.863. The quantitative estimate of drug-likeness (QED) is 0.697. The molecule has 0 bridgehead atoms. The zero-order valence-electron chi connectivity index (χ0n) is 12.9. The van der Waals surface area contributed by atoms with Crippen LogP contribution >= 0.6 is 0 Å². The summed E-state index contributed by atoms with van der Waals surface area (Å²) in [6.07, 6.45) is 2.26. The molecule has 2 aromatic carbocycles. The Morgan fingerprint density at radius 3 is 2.35 bits per heavy atom. The Labute approximate surface area is 135 Å². The third-order valence-electron chi connectivity index (χ3n) is 3.94. The fourth-order valence-electron chi connectivity index (χ4n) is 2.77. The highest BCUT2D eigenvalue weighted by Crippen LogP contribution is 2.30. The van der Waals surface area contributed by atoms with Crippen LogP contribution in [-0.4, -0.2) is 12.4 Å². The molecule has 0 N–H and O–H groups in total. The van der Waals surface area contributed by atoms with Crippen molar-refractivity contribution in [3.63, 3.8) is 0 Å². The maximum Gasteiger partial charge on any atom is 0.270 e. The van der Waals surface area contributed by atoms with Gasteiger partial charge in [-0.15, -0.1) is 0 Å². The molecule has 1 aromatic heterocycles. The van der Waals surface area contributed by atoms with E-state index in [9.17, 15) is 12.8 Å². The summed E-state index contributed by atoms with van der Waals surface area (Å²) >= 11 is 0. The molecule has 0 unspecified atom stereocenters. The SMILES string of the molecule is CCCCc1c(F)n(S(=O)(=O)c2ccccc2)c2ccccc12. The number of unbranched alkanes of at least 4 members (excludes halogenated alkanes) is 1. The van der Waals surface area contributed by atoms with Gasteiger partial charge in [0.1, 0.15) is 0 Å². The van der Waals surface area contributed by atoms with E-state index in [2.05, 4.69) is 0 Å². The van der Waals surface area contributed by atoms with Gasteiger partial charge in [-0.2, -0.15) is 4.39 Å². The fraction of sp³-hybridized carbons (Fsp3) is 0.222. The number of fused-ring (bicyclic) bond motifs is 1. The molecule has 120 valence electrons. The molecule has 23 heavy (non-hydrogen) atoms. The van der Waals surface area contributed by atoms with Gasteiger partial charge in [-0.25, -0.2) is 12.4 Å². The molecule has 0 atom stereocenters. The Morgan fingerprint density at radius 1 is 1.00 bits per heavy atom. The number of halogens is 1.